The van der Waals surface area contributed by atoms with Crippen LogP contribution in [0.25, 0.3) is 0 Å². The molecule has 1 saturated carbocycles. The van der Waals surface area contributed by atoms with Crippen molar-refractivity contribution in [2.75, 3.05) is 32.8 Å². The zero-order chi connectivity index (χ0) is 11.5. The van der Waals surface area contributed by atoms with E-state index in [0.717, 1.165) is 31.7 Å². The van der Waals surface area contributed by atoms with Gasteiger partial charge in [0.1, 0.15) is 0 Å². The van der Waals surface area contributed by atoms with Crippen LogP contribution in [0.4, 0.5) is 0 Å². The highest BCUT2D eigenvalue weighted by Crippen LogP contribution is 2.36. The molecule has 3 rings (SSSR count). The second-order valence-corrected chi connectivity index (χ2v) is 5.95. The molecule has 98 valence electrons. The molecule has 3 nitrogen and oxygen atoms in total. The molecule has 3 unspecified atom stereocenters. The summed E-state index contributed by atoms with van der Waals surface area (Å²) in [7, 11) is 0. The van der Waals surface area contributed by atoms with Gasteiger partial charge in [-0.05, 0) is 38.1 Å². The first-order valence-corrected chi connectivity index (χ1v) is 7.48. The number of rotatable bonds is 3. The Morgan fingerprint density at radius 3 is 3.00 bits per heavy atom. The highest BCUT2D eigenvalue weighted by molar-refractivity contribution is 4.90. The molecule has 1 aliphatic carbocycles. The van der Waals surface area contributed by atoms with E-state index in [-0.39, 0.29) is 0 Å². The highest BCUT2D eigenvalue weighted by Gasteiger charge is 2.35. The van der Waals surface area contributed by atoms with E-state index in [4.69, 9.17) is 4.74 Å². The van der Waals surface area contributed by atoms with Gasteiger partial charge in [-0.2, -0.15) is 0 Å². The Morgan fingerprint density at radius 2 is 2.12 bits per heavy atom. The first-order valence-electron chi connectivity index (χ1n) is 7.48. The van der Waals surface area contributed by atoms with Crippen molar-refractivity contribution >= 4 is 0 Å². The lowest BCUT2D eigenvalue weighted by molar-refractivity contribution is 0.0676. The van der Waals surface area contributed by atoms with Crippen LogP contribution < -0.4 is 5.32 Å². The Morgan fingerprint density at radius 1 is 1.18 bits per heavy atom. The van der Waals surface area contributed by atoms with Crippen LogP contribution in [0.15, 0.2) is 0 Å². The summed E-state index contributed by atoms with van der Waals surface area (Å²) in [6.45, 7) is 5.48. The van der Waals surface area contributed by atoms with Gasteiger partial charge < -0.3 is 15.0 Å². The number of likely N-dealkylation sites (tertiary alicyclic amines) is 1. The van der Waals surface area contributed by atoms with Gasteiger partial charge in [-0.1, -0.05) is 12.8 Å². The zero-order valence-electron chi connectivity index (χ0n) is 10.9. The summed E-state index contributed by atoms with van der Waals surface area (Å²) < 4.78 is 5.52. The van der Waals surface area contributed by atoms with Crippen molar-refractivity contribution in [2.45, 2.75) is 50.6 Å². The van der Waals surface area contributed by atoms with Crippen LogP contribution in [0.1, 0.15) is 38.5 Å². The topological polar surface area (TPSA) is 24.5 Å². The van der Waals surface area contributed by atoms with Gasteiger partial charge in [-0.15, -0.1) is 0 Å². The maximum Gasteiger partial charge on any atom is 0.0620 e. The van der Waals surface area contributed by atoms with Gasteiger partial charge in [0, 0.05) is 25.2 Å². The van der Waals surface area contributed by atoms with E-state index >= 15 is 0 Å². The molecule has 2 saturated heterocycles. The van der Waals surface area contributed by atoms with Gasteiger partial charge in [-0.25, -0.2) is 0 Å². The lowest BCUT2D eigenvalue weighted by atomic mass is 9.85. The first-order chi connectivity index (χ1) is 8.43. The molecular formula is C14H26N2O. The van der Waals surface area contributed by atoms with Crippen molar-refractivity contribution in [3.63, 3.8) is 0 Å². The van der Waals surface area contributed by atoms with Crippen LogP contribution >= 0.6 is 0 Å². The molecular weight excluding hydrogens is 212 g/mol. The van der Waals surface area contributed by atoms with E-state index in [2.05, 4.69) is 10.2 Å². The molecule has 1 N–H and O–H groups in total. The molecule has 0 amide bonds. The number of morpholine rings is 1. The molecule has 17 heavy (non-hydrogen) atoms. The smallest absolute Gasteiger partial charge is 0.0620 e. The first kappa shape index (κ1) is 11.9. The van der Waals surface area contributed by atoms with E-state index in [0.29, 0.717) is 6.04 Å². The number of fused-ring (bicyclic) bond motifs is 1. The van der Waals surface area contributed by atoms with Crippen LogP contribution in [0.2, 0.25) is 0 Å². The highest BCUT2D eigenvalue weighted by atomic mass is 16.5. The molecule has 0 aromatic carbocycles. The number of nitrogens with one attached hydrogen (secondary N) is 1. The van der Waals surface area contributed by atoms with Gasteiger partial charge in [0.05, 0.1) is 13.2 Å². The van der Waals surface area contributed by atoms with E-state index < -0.39 is 0 Å². The fourth-order valence-corrected chi connectivity index (χ4v) is 3.91. The van der Waals surface area contributed by atoms with E-state index in [9.17, 15) is 0 Å². The third kappa shape index (κ3) is 2.83. The average molecular weight is 238 g/mol. The van der Waals surface area contributed by atoms with Gasteiger partial charge in [-0.3, -0.25) is 0 Å². The van der Waals surface area contributed by atoms with Crippen LogP contribution in [0.3, 0.4) is 0 Å². The largest absolute Gasteiger partial charge is 0.379 e. The van der Waals surface area contributed by atoms with Crippen molar-refractivity contribution in [1.29, 1.82) is 0 Å². The maximum atomic E-state index is 5.52. The fraction of sp³-hybridized carbons (Fsp3) is 1.00. The van der Waals surface area contributed by atoms with Crippen molar-refractivity contribution in [3.8, 4) is 0 Å². The van der Waals surface area contributed by atoms with E-state index in [1.807, 2.05) is 0 Å². The summed E-state index contributed by atoms with van der Waals surface area (Å²) >= 11 is 0. The molecule has 2 heterocycles. The number of hydrogen-bond donors (Lipinski definition) is 1. The minimum absolute atomic E-state index is 0.603. The van der Waals surface area contributed by atoms with Crippen molar-refractivity contribution in [1.82, 2.24) is 10.2 Å². The van der Waals surface area contributed by atoms with Crippen LogP contribution in [-0.4, -0.2) is 49.8 Å². The molecule has 2 aliphatic heterocycles. The Bertz CT molecular complexity index is 240. The average Bonchev–Trinajstić information content (AvgIpc) is 2.81. The monoisotopic (exact) mass is 238 g/mol. The van der Waals surface area contributed by atoms with Crippen LogP contribution in [-0.2, 0) is 4.74 Å². The molecule has 3 heteroatoms. The maximum absolute atomic E-state index is 5.52. The Labute approximate surface area is 105 Å². The quantitative estimate of drug-likeness (QED) is 0.809. The molecule has 0 bridgehead atoms. The van der Waals surface area contributed by atoms with Crippen LogP contribution in [0, 0.1) is 5.92 Å². The molecule has 0 spiro atoms. The fourth-order valence-electron chi connectivity index (χ4n) is 3.91. The summed E-state index contributed by atoms with van der Waals surface area (Å²) in [5.41, 5.74) is 0. The lowest BCUT2D eigenvalue weighted by Crippen LogP contribution is -2.44. The normalized spacial score (nSPS) is 39.2. The third-order valence-electron chi connectivity index (χ3n) is 4.89. The minimum atomic E-state index is 0.603. The van der Waals surface area contributed by atoms with Crippen LogP contribution in [0.5, 0.6) is 0 Å². The molecule has 3 aliphatic rings. The molecule has 0 aromatic heterocycles. The second kappa shape index (κ2) is 5.68. The zero-order valence-corrected chi connectivity index (χ0v) is 10.9. The van der Waals surface area contributed by atoms with Crippen molar-refractivity contribution < 1.29 is 4.74 Å². The summed E-state index contributed by atoms with van der Waals surface area (Å²) in [6, 6.07) is 1.53. The summed E-state index contributed by atoms with van der Waals surface area (Å²) in [6.07, 6.45) is 8.61. The van der Waals surface area contributed by atoms with E-state index in [1.165, 1.54) is 51.6 Å². The summed E-state index contributed by atoms with van der Waals surface area (Å²) in [4.78, 5) is 2.76. The molecule has 0 aromatic rings. The van der Waals surface area contributed by atoms with Crippen molar-refractivity contribution in [3.05, 3.63) is 0 Å². The Balaban J connectivity index is 1.45. The molecule has 0 radical (unpaired) electrons. The number of nitrogens with zero attached hydrogens (tertiary/aromatic N) is 1. The third-order valence-corrected chi connectivity index (χ3v) is 4.89. The lowest BCUT2D eigenvalue weighted by Gasteiger charge is -2.33. The Hall–Kier alpha value is -0.120. The van der Waals surface area contributed by atoms with Gasteiger partial charge in [0.2, 0.25) is 0 Å². The minimum Gasteiger partial charge on any atom is -0.379 e. The standard InChI is InChI=1S/C14H26N2O/c1-2-4-14-12(3-1)5-8-16(14)9-6-13-11-17-10-7-15-13/h12-15H,1-11H2. The SMILES string of the molecule is C1CCC2C(C1)CCN2CCC1COCCN1. The predicted octanol–water partition coefficient (Wildman–Crippen LogP) is 1.63. The molecule has 3 atom stereocenters. The molecule has 3 fully saturated rings. The van der Waals surface area contributed by atoms with Crippen molar-refractivity contribution in [2.24, 2.45) is 5.92 Å². The number of hydrogen-bond acceptors (Lipinski definition) is 3. The second-order valence-electron chi connectivity index (χ2n) is 5.95. The van der Waals surface area contributed by atoms with Gasteiger partial charge in [0.15, 0.2) is 0 Å². The van der Waals surface area contributed by atoms with Gasteiger partial charge in [0.25, 0.3) is 0 Å². The predicted molar refractivity (Wildman–Crippen MR) is 69.2 cm³/mol. The number of ether oxygens (including phenoxy) is 1. The van der Waals surface area contributed by atoms with Gasteiger partial charge >= 0.3 is 0 Å². The van der Waals surface area contributed by atoms with E-state index in [1.54, 1.807) is 0 Å². The summed E-state index contributed by atoms with van der Waals surface area (Å²) in [5.74, 6) is 1.03. The summed E-state index contributed by atoms with van der Waals surface area (Å²) in [5, 5.41) is 3.56. The Kier molecular flexibility index (Phi) is 3.99.